The van der Waals surface area contributed by atoms with E-state index in [-0.39, 0.29) is 23.7 Å². The Bertz CT molecular complexity index is 573. The van der Waals surface area contributed by atoms with Crippen LogP contribution < -0.4 is 0 Å². The molecule has 4 nitrogen and oxygen atoms in total. The van der Waals surface area contributed by atoms with Crippen LogP contribution in [0.4, 0.5) is 0 Å². The van der Waals surface area contributed by atoms with Gasteiger partial charge in [0.05, 0.1) is 11.2 Å². The molecule has 0 bridgehead atoms. The van der Waals surface area contributed by atoms with E-state index in [1.54, 1.807) is 0 Å². The molecule has 2 unspecified atom stereocenters. The lowest BCUT2D eigenvalue weighted by molar-refractivity contribution is -0.217. The predicted molar refractivity (Wildman–Crippen MR) is 140 cm³/mol. The summed E-state index contributed by atoms with van der Waals surface area (Å²) in [5.74, 6) is 0.250. The van der Waals surface area contributed by atoms with Crippen LogP contribution in [0.3, 0.4) is 0 Å². The third-order valence-electron chi connectivity index (χ3n) is 11.0. The van der Waals surface area contributed by atoms with Gasteiger partial charge in [0.25, 0.3) is 0 Å². The van der Waals surface area contributed by atoms with E-state index >= 15 is 0 Å². The SMILES string of the molecule is CC1(C)OC(C(O)(C2CCCCC2)C2CCCCC2)C(C(O)(C2CCCCC2)C2CCCCC2)O1. The van der Waals surface area contributed by atoms with Gasteiger partial charge < -0.3 is 19.7 Å². The van der Waals surface area contributed by atoms with Crippen molar-refractivity contribution in [2.24, 2.45) is 23.7 Å². The standard InChI is InChI=1S/C31H54O4/c1-29(2)34-27(30(32,23-15-7-3-8-16-23)24-17-9-4-10-18-24)28(35-29)31(33,25-19-11-5-12-20-25)26-21-13-6-14-22-26/h23-28,32-33H,3-22H2,1-2H3. The number of hydrogen-bond donors (Lipinski definition) is 2. The van der Waals surface area contributed by atoms with E-state index in [9.17, 15) is 10.2 Å². The van der Waals surface area contributed by atoms with Crippen molar-refractivity contribution in [2.75, 3.05) is 0 Å². The Hall–Kier alpha value is -0.160. The molecule has 0 spiro atoms. The van der Waals surface area contributed by atoms with Crippen molar-refractivity contribution >= 4 is 0 Å². The fourth-order valence-electron chi connectivity index (χ4n) is 9.29. The van der Waals surface area contributed by atoms with E-state index in [2.05, 4.69) is 0 Å². The first kappa shape index (κ1) is 26.4. The number of hydrogen-bond acceptors (Lipinski definition) is 4. The van der Waals surface area contributed by atoms with Crippen LogP contribution in [-0.4, -0.2) is 39.4 Å². The van der Waals surface area contributed by atoms with E-state index in [4.69, 9.17) is 9.47 Å². The third kappa shape index (κ3) is 5.12. The maximum Gasteiger partial charge on any atom is 0.164 e. The van der Waals surface area contributed by atoms with Crippen molar-refractivity contribution < 1.29 is 19.7 Å². The van der Waals surface area contributed by atoms with Crippen molar-refractivity contribution in [1.29, 1.82) is 0 Å². The number of ether oxygens (including phenoxy) is 2. The maximum absolute atomic E-state index is 13.0. The van der Waals surface area contributed by atoms with Gasteiger partial charge in [-0.3, -0.25) is 0 Å². The summed E-state index contributed by atoms with van der Waals surface area (Å²) in [6.07, 6.45) is 22.6. The average Bonchev–Trinajstić information content (AvgIpc) is 3.26. The summed E-state index contributed by atoms with van der Waals surface area (Å²) in [5, 5.41) is 26.0. The van der Waals surface area contributed by atoms with E-state index in [0.717, 1.165) is 51.4 Å². The van der Waals surface area contributed by atoms with Crippen LogP contribution >= 0.6 is 0 Å². The molecule has 2 atom stereocenters. The van der Waals surface area contributed by atoms with Crippen molar-refractivity contribution in [3.05, 3.63) is 0 Å². The Morgan fingerprint density at radius 1 is 0.457 bits per heavy atom. The zero-order valence-corrected chi connectivity index (χ0v) is 22.8. The van der Waals surface area contributed by atoms with Gasteiger partial charge in [-0.25, -0.2) is 0 Å². The Labute approximate surface area is 214 Å². The van der Waals surface area contributed by atoms with Gasteiger partial charge in [-0.05, 0) is 88.9 Å². The highest BCUT2D eigenvalue weighted by Gasteiger charge is 2.65. The summed E-state index contributed by atoms with van der Waals surface area (Å²) in [4.78, 5) is 0. The second-order valence-corrected chi connectivity index (χ2v) is 13.6. The minimum atomic E-state index is -0.906. The van der Waals surface area contributed by atoms with Gasteiger partial charge in [0.2, 0.25) is 0 Å². The van der Waals surface area contributed by atoms with E-state index in [1.807, 2.05) is 13.8 Å². The predicted octanol–water partition coefficient (Wildman–Crippen LogP) is 7.29. The quantitative estimate of drug-likeness (QED) is 0.410. The molecule has 1 heterocycles. The molecular weight excluding hydrogens is 436 g/mol. The molecule has 35 heavy (non-hydrogen) atoms. The Morgan fingerprint density at radius 3 is 0.914 bits per heavy atom. The van der Waals surface area contributed by atoms with Crippen LogP contribution in [0.5, 0.6) is 0 Å². The highest BCUT2D eigenvalue weighted by Crippen LogP contribution is 2.55. The lowest BCUT2D eigenvalue weighted by Crippen LogP contribution is -2.66. The lowest BCUT2D eigenvalue weighted by atomic mass is 9.58. The lowest BCUT2D eigenvalue weighted by Gasteiger charge is -2.54. The van der Waals surface area contributed by atoms with Gasteiger partial charge in [0, 0.05) is 0 Å². The van der Waals surface area contributed by atoms with Crippen LogP contribution in [0.15, 0.2) is 0 Å². The topological polar surface area (TPSA) is 58.9 Å². The van der Waals surface area contributed by atoms with Gasteiger partial charge in [0.15, 0.2) is 5.79 Å². The highest BCUT2D eigenvalue weighted by molar-refractivity contribution is 5.13. The molecule has 0 radical (unpaired) electrons. The number of rotatable bonds is 6. The van der Waals surface area contributed by atoms with Gasteiger partial charge in [-0.1, -0.05) is 77.0 Å². The number of aliphatic hydroxyl groups is 2. The van der Waals surface area contributed by atoms with Crippen molar-refractivity contribution in [2.45, 2.75) is 171 Å². The normalized spacial score (nSPS) is 33.3. The Balaban J connectivity index is 1.56. The Morgan fingerprint density at radius 2 is 0.686 bits per heavy atom. The van der Waals surface area contributed by atoms with Crippen LogP contribution in [0, 0.1) is 23.7 Å². The first-order valence-corrected chi connectivity index (χ1v) is 15.7. The molecule has 4 aliphatic carbocycles. The van der Waals surface area contributed by atoms with Gasteiger partial charge >= 0.3 is 0 Å². The summed E-state index contributed by atoms with van der Waals surface area (Å²) < 4.78 is 13.7. The van der Waals surface area contributed by atoms with Crippen LogP contribution in [0.1, 0.15) is 142 Å². The molecule has 5 rings (SSSR count). The molecule has 0 aromatic heterocycles. The fourth-order valence-corrected chi connectivity index (χ4v) is 9.29. The zero-order valence-electron chi connectivity index (χ0n) is 22.8. The van der Waals surface area contributed by atoms with Crippen molar-refractivity contribution in [3.8, 4) is 0 Å². The summed E-state index contributed by atoms with van der Waals surface area (Å²) in [6, 6.07) is 0. The summed E-state index contributed by atoms with van der Waals surface area (Å²) in [7, 11) is 0. The Kier molecular flexibility index (Phi) is 8.24. The third-order valence-corrected chi connectivity index (χ3v) is 11.0. The summed E-state index contributed by atoms with van der Waals surface area (Å²) in [5.41, 5.74) is -1.81. The first-order valence-electron chi connectivity index (χ1n) is 15.7. The van der Waals surface area contributed by atoms with Gasteiger partial charge in [-0.2, -0.15) is 0 Å². The first-order chi connectivity index (χ1) is 16.9. The fraction of sp³-hybridized carbons (Fsp3) is 1.00. The second kappa shape index (κ2) is 10.9. The molecule has 202 valence electrons. The molecule has 0 amide bonds. The maximum atomic E-state index is 13.0. The van der Waals surface area contributed by atoms with E-state index in [1.165, 1.54) is 77.0 Å². The smallest absolute Gasteiger partial charge is 0.164 e. The molecule has 0 aromatic carbocycles. The van der Waals surface area contributed by atoms with Crippen LogP contribution in [-0.2, 0) is 9.47 Å². The van der Waals surface area contributed by atoms with E-state index < -0.39 is 29.2 Å². The minimum Gasteiger partial charge on any atom is -0.386 e. The molecule has 5 aliphatic rings. The zero-order chi connectivity index (χ0) is 24.5. The molecule has 4 saturated carbocycles. The molecular formula is C31H54O4. The van der Waals surface area contributed by atoms with Gasteiger partial charge in [-0.15, -0.1) is 0 Å². The molecule has 2 N–H and O–H groups in total. The largest absolute Gasteiger partial charge is 0.386 e. The monoisotopic (exact) mass is 490 g/mol. The van der Waals surface area contributed by atoms with E-state index in [0.29, 0.717) is 0 Å². The minimum absolute atomic E-state index is 0.256. The van der Waals surface area contributed by atoms with Crippen molar-refractivity contribution in [3.63, 3.8) is 0 Å². The molecule has 4 heteroatoms. The van der Waals surface area contributed by atoms with Crippen LogP contribution in [0.2, 0.25) is 0 Å². The summed E-state index contributed by atoms with van der Waals surface area (Å²) in [6.45, 7) is 4.04. The van der Waals surface area contributed by atoms with Crippen LogP contribution in [0.25, 0.3) is 0 Å². The average molecular weight is 491 g/mol. The van der Waals surface area contributed by atoms with Crippen molar-refractivity contribution in [1.82, 2.24) is 0 Å². The molecule has 0 aromatic rings. The molecule has 5 fully saturated rings. The summed E-state index contributed by atoms with van der Waals surface area (Å²) >= 11 is 0. The highest BCUT2D eigenvalue weighted by atomic mass is 16.8. The van der Waals surface area contributed by atoms with Gasteiger partial charge in [0.1, 0.15) is 12.2 Å². The second-order valence-electron chi connectivity index (χ2n) is 13.6. The molecule has 1 saturated heterocycles. The molecule has 1 aliphatic heterocycles.